The lowest BCUT2D eigenvalue weighted by Crippen LogP contribution is -2.12. The van der Waals surface area contributed by atoms with Crippen molar-refractivity contribution in [3.63, 3.8) is 0 Å². The Morgan fingerprint density at radius 3 is 2.45 bits per heavy atom. The summed E-state index contributed by atoms with van der Waals surface area (Å²) in [4.78, 5) is -0.265. The molecule has 20 heavy (non-hydrogen) atoms. The quantitative estimate of drug-likeness (QED) is 0.698. The molecule has 0 radical (unpaired) electrons. The number of rotatable bonds is 6. The van der Waals surface area contributed by atoms with Gasteiger partial charge in [-0.05, 0) is 37.0 Å². The predicted octanol–water partition coefficient (Wildman–Crippen LogP) is 4.29. The van der Waals surface area contributed by atoms with Gasteiger partial charge in [0, 0.05) is 5.33 Å². The highest BCUT2D eigenvalue weighted by Gasteiger charge is 2.31. The van der Waals surface area contributed by atoms with Crippen LogP contribution in [0.5, 0.6) is 0 Å². The number of halogens is 4. The van der Waals surface area contributed by atoms with Gasteiger partial charge in [0.05, 0.1) is 16.2 Å². The van der Waals surface area contributed by atoms with Crippen LogP contribution in [0.15, 0.2) is 29.2 Å². The number of benzene rings is 1. The molecule has 0 spiro atoms. The zero-order valence-corrected chi connectivity index (χ0v) is 13.4. The van der Waals surface area contributed by atoms with Crippen LogP contribution in [0.4, 0.5) is 13.2 Å². The first-order valence-electron chi connectivity index (χ1n) is 6.13. The molecule has 1 aromatic carbocycles. The maximum atomic E-state index is 12.6. The van der Waals surface area contributed by atoms with Crippen molar-refractivity contribution in [1.82, 2.24) is 0 Å². The maximum Gasteiger partial charge on any atom is 0.416 e. The summed E-state index contributed by atoms with van der Waals surface area (Å²) in [5.74, 6) is 0.0672. The average molecular weight is 373 g/mol. The van der Waals surface area contributed by atoms with Crippen molar-refractivity contribution < 1.29 is 21.6 Å². The Bertz CT molecular complexity index is 541. The van der Waals surface area contributed by atoms with Crippen LogP contribution in [-0.2, 0) is 16.0 Å². The summed E-state index contributed by atoms with van der Waals surface area (Å²) in [6.07, 6.45) is -3.27. The van der Waals surface area contributed by atoms with Gasteiger partial charge in [0.1, 0.15) is 0 Å². The smallest absolute Gasteiger partial charge is 0.224 e. The lowest BCUT2D eigenvalue weighted by Gasteiger charge is -2.11. The van der Waals surface area contributed by atoms with Crippen molar-refractivity contribution in [3.05, 3.63) is 29.8 Å². The van der Waals surface area contributed by atoms with Crippen LogP contribution in [0.1, 0.15) is 25.3 Å². The van der Waals surface area contributed by atoms with Crippen molar-refractivity contribution in [2.45, 2.75) is 30.8 Å². The number of hydrogen-bond acceptors (Lipinski definition) is 2. The van der Waals surface area contributed by atoms with Gasteiger partial charge in [0.15, 0.2) is 9.84 Å². The van der Waals surface area contributed by atoms with Gasteiger partial charge < -0.3 is 0 Å². The van der Waals surface area contributed by atoms with Crippen molar-refractivity contribution in [1.29, 1.82) is 0 Å². The Hall–Kier alpha value is -0.560. The van der Waals surface area contributed by atoms with Crippen LogP contribution < -0.4 is 0 Å². The molecule has 0 fully saturated rings. The molecule has 0 saturated heterocycles. The second kappa shape index (κ2) is 6.93. The van der Waals surface area contributed by atoms with E-state index in [1.165, 1.54) is 6.07 Å². The fourth-order valence-electron chi connectivity index (χ4n) is 1.67. The fraction of sp³-hybridized carbons (Fsp3) is 0.538. The molecule has 1 unspecified atom stereocenters. The maximum absolute atomic E-state index is 12.6. The van der Waals surface area contributed by atoms with Crippen molar-refractivity contribution in [3.8, 4) is 0 Å². The Morgan fingerprint density at radius 2 is 1.90 bits per heavy atom. The van der Waals surface area contributed by atoms with E-state index < -0.39 is 21.6 Å². The molecule has 0 N–H and O–H groups in total. The average Bonchev–Trinajstić information content (AvgIpc) is 2.36. The van der Waals surface area contributed by atoms with Crippen LogP contribution in [0.3, 0.4) is 0 Å². The van der Waals surface area contributed by atoms with Crippen molar-refractivity contribution >= 4 is 25.8 Å². The van der Waals surface area contributed by atoms with Gasteiger partial charge in [-0.2, -0.15) is 13.2 Å². The summed E-state index contributed by atoms with van der Waals surface area (Å²) in [6, 6.07) is 3.90. The molecular formula is C13H16BrF3O2S. The summed E-state index contributed by atoms with van der Waals surface area (Å²) in [5.41, 5.74) is -0.938. The van der Waals surface area contributed by atoms with E-state index in [-0.39, 0.29) is 16.6 Å². The predicted molar refractivity (Wildman–Crippen MR) is 75.7 cm³/mol. The van der Waals surface area contributed by atoms with E-state index >= 15 is 0 Å². The molecule has 114 valence electrons. The summed E-state index contributed by atoms with van der Waals surface area (Å²) in [7, 11) is -3.67. The molecule has 0 saturated carbocycles. The van der Waals surface area contributed by atoms with Crippen molar-refractivity contribution in [2.75, 3.05) is 11.1 Å². The Balaban J connectivity index is 2.88. The van der Waals surface area contributed by atoms with E-state index in [4.69, 9.17) is 0 Å². The zero-order chi connectivity index (χ0) is 15.4. The molecular weight excluding hydrogens is 357 g/mol. The highest BCUT2D eigenvalue weighted by Crippen LogP contribution is 2.30. The Labute approximate surface area is 125 Å². The van der Waals surface area contributed by atoms with Gasteiger partial charge in [-0.25, -0.2) is 8.42 Å². The summed E-state index contributed by atoms with van der Waals surface area (Å²) in [6.45, 7) is 1.92. The van der Waals surface area contributed by atoms with Gasteiger partial charge in [-0.15, -0.1) is 0 Å². The minimum atomic E-state index is -4.53. The molecule has 1 aromatic rings. The molecule has 1 rings (SSSR count). The largest absolute Gasteiger partial charge is 0.416 e. The van der Waals surface area contributed by atoms with E-state index in [1.807, 2.05) is 6.92 Å². The fourth-order valence-corrected chi connectivity index (χ4v) is 3.99. The molecule has 2 nitrogen and oxygen atoms in total. The SMILES string of the molecule is CC(CCBr)CCS(=O)(=O)c1cccc(C(F)(F)F)c1. The lowest BCUT2D eigenvalue weighted by atomic mass is 10.1. The highest BCUT2D eigenvalue weighted by molar-refractivity contribution is 9.09. The minimum absolute atomic E-state index is 0.136. The van der Waals surface area contributed by atoms with Crippen LogP contribution in [0.25, 0.3) is 0 Å². The molecule has 0 aliphatic rings. The van der Waals surface area contributed by atoms with E-state index in [2.05, 4.69) is 15.9 Å². The summed E-state index contributed by atoms with van der Waals surface area (Å²) < 4.78 is 61.8. The van der Waals surface area contributed by atoms with E-state index in [0.717, 1.165) is 23.9 Å². The first-order valence-corrected chi connectivity index (χ1v) is 8.90. The van der Waals surface area contributed by atoms with Gasteiger partial charge in [0.25, 0.3) is 0 Å². The molecule has 0 amide bonds. The standard InChI is InChI=1S/C13H16BrF3O2S/c1-10(5-7-14)6-8-20(18,19)12-4-2-3-11(9-12)13(15,16)17/h2-4,9-10H,5-8H2,1H3. The van der Waals surface area contributed by atoms with E-state index in [1.54, 1.807) is 0 Å². The molecule has 0 bridgehead atoms. The molecule has 0 aliphatic carbocycles. The lowest BCUT2D eigenvalue weighted by molar-refractivity contribution is -0.137. The van der Waals surface area contributed by atoms with E-state index in [0.29, 0.717) is 12.5 Å². The van der Waals surface area contributed by atoms with Crippen molar-refractivity contribution in [2.24, 2.45) is 5.92 Å². The van der Waals surface area contributed by atoms with Gasteiger partial charge in [-0.3, -0.25) is 0 Å². The number of sulfone groups is 1. The number of hydrogen-bond donors (Lipinski definition) is 0. The second-order valence-corrected chi connectivity index (χ2v) is 7.62. The minimum Gasteiger partial charge on any atom is -0.224 e. The second-order valence-electron chi connectivity index (χ2n) is 4.72. The van der Waals surface area contributed by atoms with Crippen LogP contribution >= 0.6 is 15.9 Å². The molecule has 7 heteroatoms. The topological polar surface area (TPSA) is 34.1 Å². The Morgan fingerprint density at radius 1 is 1.25 bits per heavy atom. The third-order valence-corrected chi connectivity index (χ3v) is 5.20. The normalized spacial score (nSPS) is 14.2. The van der Waals surface area contributed by atoms with Gasteiger partial charge >= 0.3 is 6.18 Å². The molecule has 0 aliphatic heterocycles. The monoisotopic (exact) mass is 372 g/mol. The van der Waals surface area contributed by atoms with Crippen LogP contribution in [0, 0.1) is 5.92 Å². The molecule has 0 heterocycles. The summed E-state index contributed by atoms with van der Waals surface area (Å²) in [5, 5.41) is 0.776. The first-order chi connectivity index (χ1) is 9.16. The van der Waals surface area contributed by atoms with Crippen LogP contribution in [0.2, 0.25) is 0 Å². The number of alkyl halides is 4. The van der Waals surface area contributed by atoms with Gasteiger partial charge in [0.2, 0.25) is 0 Å². The van der Waals surface area contributed by atoms with E-state index in [9.17, 15) is 21.6 Å². The highest BCUT2D eigenvalue weighted by atomic mass is 79.9. The third kappa shape index (κ3) is 5.09. The van der Waals surface area contributed by atoms with Gasteiger partial charge in [-0.1, -0.05) is 28.9 Å². The first kappa shape index (κ1) is 17.5. The molecule has 1 atom stereocenters. The Kier molecular flexibility index (Phi) is 6.06. The zero-order valence-electron chi connectivity index (χ0n) is 11.0. The third-order valence-electron chi connectivity index (χ3n) is 3.00. The van der Waals surface area contributed by atoms with Crippen LogP contribution in [-0.4, -0.2) is 19.5 Å². The summed E-state index contributed by atoms with van der Waals surface area (Å²) >= 11 is 3.27. The molecule has 0 aromatic heterocycles.